The fraction of sp³-hybridized carbons (Fsp3) is 0.136. The molecule has 2 N–H and O–H groups in total. The molecule has 4 heterocycles. The molecule has 0 fully saturated rings. The maximum absolute atomic E-state index is 13.3. The summed E-state index contributed by atoms with van der Waals surface area (Å²) >= 11 is 1.09. The number of thiazole rings is 1. The molecule has 1 atom stereocenters. The molecule has 162 valence electrons. The van der Waals surface area contributed by atoms with Crippen molar-refractivity contribution in [3.63, 3.8) is 0 Å². The highest BCUT2D eigenvalue weighted by molar-refractivity contribution is 7.07. The van der Waals surface area contributed by atoms with Gasteiger partial charge in [-0.25, -0.2) is 9.59 Å². The van der Waals surface area contributed by atoms with E-state index in [-0.39, 0.29) is 21.6 Å². The lowest BCUT2D eigenvalue weighted by atomic mass is 9.83. The number of nitrogens with zero attached hydrogens (tertiary/aromatic N) is 3. The van der Waals surface area contributed by atoms with Crippen LogP contribution in [0.2, 0.25) is 0 Å². The van der Waals surface area contributed by atoms with Crippen molar-refractivity contribution in [1.82, 2.24) is 14.5 Å². The van der Waals surface area contributed by atoms with Crippen molar-refractivity contribution in [3.05, 3.63) is 85.3 Å². The summed E-state index contributed by atoms with van der Waals surface area (Å²) < 4.78 is 11.8. The SMILES string of the molecule is COC(=O)C1=C(N)n2c(s/c(=C\c3ccncc3)c2=O)=C(C(=O)OC)C1c1ccncc1. The van der Waals surface area contributed by atoms with Crippen molar-refractivity contribution in [2.24, 2.45) is 5.73 Å². The molecular weight excluding hydrogens is 432 g/mol. The van der Waals surface area contributed by atoms with Crippen molar-refractivity contribution in [2.75, 3.05) is 14.2 Å². The van der Waals surface area contributed by atoms with Crippen molar-refractivity contribution in [1.29, 1.82) is 0 Å². The molecule has 0 aromatic carbocycles. The predicted octanol–water partition coefficient (Wildman–Crippen LogP) is -0.0500. The van der Waals surface area contributed by atoms with E-state index in [1.807, 2.05) is 0 Å². The molecule has 1 aliphatic heterocycles. The molecule has 0 saturated heterocycles. The minimum Gasteiger partial charge on any atom is -0.466 e. The fourth-order valence-electron chi connectivity index (χ4n) is 3.57. The molecule has 32 heavy (non-hydrogen) atoms. The first-order chi connectivity index (χ1) is 15.5. The number of pyridine rings is 2. The first-order valence-electron chi connectivity index (χ1n) is 9.42. The largest absolute Gasteiger partial charge is 0.466 e. The normalized spacial score (nSPS) is 16.0. The Balaban J connectivity index is 2.14. The number of hydrogen-bond acceptors (Lipinski definition) is 9. The summed E-state index contributed by atoms with van der Waals surface area (Å²) in [6.45, 7) is 0. The van der Waals surface area contributed by atoms with Crippen LogP contribution >= 0.6 is 11.3 Å². The Labute approximate surface area is 185 Å². The number of fused-ring (bicyclic) bond motifs is 1. The van der Waals surface area contributed by atoms with Gasteiger partial charge in [0, 0.05) is 24.8 Å². The van der Waals surface area contributed by atoms with Gasteiger partial charge in [0.2, 0.25) is 0 Å². The lowest BCUT2D eigenvalue weighted by Crippen LogP contribution is -2.41. The van der Waals surface area contributed by atoms with Gasteiger partial charge in [0.05, 0.1) is 35.8 Å². The molecule has 0 bridgehead atoms. The van der Waals surface area contributed by atoms with E-state index in [1.165, 1.54) is 26.6 Å². The van der Waals surface area contributed by atoms with Crippen LogP contribution in [0.1, 0.15) is 17.0 Å². The number of hydrogen-bond donors (Lipinski definition) is 1. The lowest BCUT2D eigenvalue weighted by molar-refractivity contribution is -0.136. The summed E-state index contributed by atoms with van der Waals surface area (Å²) in [4.78, 5) is 46.9. The number of esters is 2. The van der Waals surface area contributed by atoms with Gasteiger partial charge in [-0.15, -0.1) is 11.3 Å². The Hall–Kier alpha value is -4.05. The van der Waals surface area contributed by atoms with E-state index >= 15 is 0 Å². The number of nitrogens with two attached hydrogens (primary N) is 1. The fourth-order valence-corrected chi connectivity index (χ4v) is 4.73. The summed E-state index contributed by atoms with van der Waals surface area (Å²) in [5.41, 5.74) is 7.30. The summed E-state index contributed by atoms with van der Waals surface area (Å²) in [6, 6.07) is 6.81. The third-order valence-corrected chi connectivity index (χ3v) is 6.11. The Morgan fingerprint density at radius 1 is 1.00 bits per heavy atom. The Bertz CT molecular complexity index is 1410. The molecule has 10 heteroatoms. The van der Waals surface area contributed by atoms with Gasteiger partial charge in [-0.1, -0.05) is 0 Å². The highest BCUT2D eigenvalue weighted by Gasteiger charge is 2.39. The summed E-state index contributed by atoms with van der Waals surface area (Å²) in [5.74, 6) is -2.44. The predicted molar refractivity (Wildman–Crippen MR) is 117 cm³/mol. The smallest absolute Gasteiger partial charge is 0.338 e. The van der Waals surface area contributed by atoms with Crippen molar-refractivity contribution in [3.8, 4) is 0 Å². The third-order valence-electron chi connectivity index (χ3n) is 5.00. The van der Waals surface area contributed by atoms with Crippen molar-refractivity contribution >= 4 is 40.7 Å². The number of ether oxygens (including phenoxy) is 2. The van der Waals surface area contributed by atoms with Gasteiger partial charge in [-0.3, -0.25) is 19.3 Å². The van der Waals surface area contributed by atoms with E-state index in [1.54, 1.807) is 42.7 Å². The van der Waals surface area contributed by atoms with E-state index in [0.29, 0.717) is 10.1 Å². The average molecular weight is 450 g/mol. The average Bonchev–Trinajstić information content (AvgIpc) is 3.15. The Morgan fingerprint density at radius 3 is 2.16 bits per heavy atom. The number of carbonyl (C=O) groups excluding carboxylic acids is 2. The van der Waals surface area contributed by atoms with Crippen LogP contribution in [0, 0.1) is 0 Å². The van der Waals surface area contributed by atoms with Crippen LogP contribution in [0.5, 0.6) is 0 Å². The minimum atomic E-state index is -0.898. The third kappa shape index (κ3) is 3.50. The number of methoxy groups -OCH3 is 2. The van der Waals surface area contributed by atoms with Crippen LogP contribution in [-0.4, -0.2) is 40.7 Å². The van der Waals surface area contributed by atoms with Gasteiger partial charge in [0.25, 0.3) is 5.56 Å². The zero-order valence-corrected chi connectivity index (χ0v) is 18.0. The summed E-state index contributed by atoms with van der Waals surface area (Å²) in [5, 5.41) is 0. The van der Waals surface area contributed by atoms with Crippen molar-refractivity contribution < 1.29 is 19.1 Å². The van der Waals surface area contributed by atoms with Gasteiger partial charge in [0.15, 0.2) is 0 Å². The Kier molecular flexibility index (Phi) is 5.69. The van der Waals surface area contributed by atoms with Crippen LogP contribution < -0.4 is 20.5 Å². The molecule has 1 aliphatic rings. The summed E-state index contributed by atoms with van der Waals surface area (Å²) in [7, 11) is 2.44. The van der Waals surface area contributed by atoms with Gasteiger partial charge in [-0.05, 0) is 41.5 Å². The number of carbonyl (C=O) groups is 2. The van der Waals surface area contributed by atoms with E-state index in [4.69, 9.17) is 15.2 Å². The molecule has 0 amide bonds. The maximum atomic E-state index is 13.3. The maximum Gasteiger partial charge on any atom is 0.338 e. The van der Waals surface area contributed by atoms with Crippen LogP contribution in [0.25, 0.3) is 17.5 Å². The van der Waals surface area contributed by atoms with Gasteiger partial charge in [-0.2, -0.15) is 0 Å². The Morgan fingerprint density at radius 2 is 1.56 bits per heavy atom. The molecule has 0 aliphatic carbocycles. The zero-order chi connectivity index (χ0) is 22.8. The summed E-state index contributed by atoms with van der Waals surface area (Å²) in [6.07, 6.45) is 7.95. The van der Waals surface area contributed by atoms with Crippen LogP contribution in [0.15, 0.2) is 59.4 Å². The molecule has 0 radical (unpaired) electrons. The van der Waals surface area contributed by atoms with Crippen LogP contribution in [0.3, 0.4) is 0 Å². The molecule has 0 spiro atoms. The van der Waals surface area contributed by atoms with E-state index in [2.05, 4.69) is 9.97 Å². The second-order valence-electron chi connectivity index (χ2n) is 6.75. The van der Waals surface area contributed by atoms with Gasteiger partial charge >= 0.3 is 11.9 Å². The molecular formula is C22H18N4O5S. The standard InChI is InChI=1S/C22H18N4O5S/c1-30-21(28)16-15(13-5-9-25-10-6-13)17(22(29)31-2)20-26(18(16)23)19(27)14(32-20)11-12-3-7-24-8-4-12/h3-11,15H,23H2,1-2H3/b14-11-. The van der Waals surface area contributed by atoms with Crippen LogP contribution in [-0.2, 0) is 19.1 Å². The van der Waals surface area contributed by atoms with Gasteiger partial charge in [0.1, 0.15) is 10.5 Å². The van der Waals surface area contributed by atoms with E-state index in [0.717, 1.165) is 21.5 Å². The second-order valence-corrected chi connectivity index (χ2v) is 7.78. The highest BCUT2D eigenvalue weighted by atomic mass is 32.1. The first kappa shape index (κ1) is 21.2. The number of rotatable bonds is 4. The minimum absolute atomic E-state index is 0.0260. The molecule has 4 rings (SSSR count). The molecule has 3 aromatic rings. The monoisotopic (exact) mass is 450 g/mol. The van der Waals surface area contributed by atoms with Crippen molar-refractivity contribution in [2.45, 2.75) is 5.92 Å². The van der Waals surface area contributed by atoms with E-state index < -0.39 is 23.4 Å². The first-order valence-corrected chi connectivity index (χ1v) is 10.2. The molecule has 9 nitrogen and oxygen atoms in total. The molecule has 0 saturated carbocycles. The van der Waals surface area contributed by atoms with Crippen LogP contribution in [0.4, 0.5) is 0 Å². The van der Waals surface area contributed by atoms with Gasteiger partial charge < -0.3 is 15.2 Å². The highest BCUT2D eigenvalue weighted by Crippen LogP contribution is 2.37. The lowest BCUT2D eigenvalue weighted by Gasteiger charge is -2.26. The second kappa shape index (κ2) is 8.60. The topological polar surface area (TPSA) is 126 Å². The van der Waals surface area contributed by atoms with E-state index in [9.17, 15) is 14.4 Å². The zero-order valence-electron chi connectivity index (χ0n) is 17.1. The number of aromatic nitrogens is 3. The molecule has 3 aromatic heterocycles. The quantitative estimate of drug-likeness (QED) is 0.549. The molecule has 1 unspecified atom stereocenters.